The van der Waals surface area contributed by atoms with E-state index in [0.717, 1.165) is 5.69 Å². The van der Waals surface area contributed by atoms with Gasteiger partial charge in [-0.05, 0) is 24.5 Å². The van der Waals surface area contributed by atoms with Crippen LogP contribution in [0.1, 0.15) is 10.4 Å². The first-order valence-corrected chi connectivity index (χ1v) is 7.78. The van der Waals surface area contributed by atoms with Crippen molar-refractivity contribution in [2.24, 2.45) is 0 Å². The summed E-state index contributed by atoms with van der Waals surface area (Å²) in [7, 11) is 0. The second-order valence-corrected chi connectivity index (χ2v) is 5.19. The van der Waals surface area contributed by atoms with E-state index in [4.69, 9.17) is 0 Å². The van der Waals surface area contributed by atoms with E-state index in [1.54, 1.807) is 24.5 Å². The number of nitrogens with one attached hydrogen (secondary N) is 1. The number of thioether (sulfide) groups is 1. The van der Waals surface area contributed by atoms with Crippen LogP contribution in [0, 0.1) is 0 Å². The summed E-state index contributed by atoms with van der Waals surface area (Å²) < 4.78 is 0. The first-order chi connectivity index (χ1) is 11.2. The zero-order valence-corrected chi connectivity index (χ0v) is 12.9. The number of anilines is 2. The third-order valence-corrected chi connectivity index (χ3v) is 3.50. The molecule has 0 atom stereocenters. The number of hydrogen-bond donors (Lipinski definition) is 2. The summed E-state index contributed by atoms with van der Waals surface area (Å²) in [5, 5.41) is 20.9. The topological polar surface area (TPSA) is 106 Å². The highest BCUT2D eigenvalue weighted by Gasteiger charge is 2.14. The lowest BCUT2D eigenvalue weighted by Crippen LogP contribution is -2.07. The van der Waals surface area contributed by atoms with Crippen LogP contribution >= 0.6 is 11.8 Å². The third-order valence-electron chi connectivity index (χ3n) is 2.94. The number of nitrogens with zero attached hydrogens (tertiary/aromatic N) is 5. The first-order valence-electron chi connectivity index (χ1n) is 6.55. The Morgan fingerprint density at radius 1 is 1.30 bits per heavy atom. The van der Waals surface area contributed by atoms with Crippen molar-refractivity contribution in [3.63, 3.8) is 0 Å². The van der Waals surface area contributed by atoms with Crippen LogP contribution in [0.3, 0.4) is 0 Å². The first kappa shape index (κ1) is 15.0. The Morgan fingerprint density at radius 2 is 2.09 bits per heavy atom. The predicted octanol–water partition coefficient (Wildman–Crippen LogP) is 2.22. The number of carboxylic acids is 1. The van der Waals surface area contributed by atoms with Crippen molar-refractivity contribution in [3.8, 4) is 5.69 Å². The molecule has 0 aliphatic carbocycles. The van der Waals surface area contributed by atoms with E-state index < -0.39 is 5.97 Å². The molecule has 116 valence electrons. The SMILES string of the molecule is CSc1ncc(C(=O)O)c(Nc2cccc(-n3nccn3)c2)n1. The van der Waals surface area contributed by atoms with E-state index >= 15 is 0 Å². The van der Waals surface area contributed by atoms with E-state index in [1.165, 1.54) is 22.8 Å². The molecule has 2 N–H and O–H groups in total. The van der Waals surface area contributed by atoms with Crippen LogP contribution < -0.4 is 5.32 Å². The Bertz CT molecular complexity index is 837. The lowest BCUT2D eigenvalue weighted by Gasteiger charge is -2.10. The molecule has 2 heterocycles. The summed E-state index contributed by atoms with van der Waals surface area (Å²) in [6.07, 6.45) is 6.28. The number of hydrogen-bond acceptors (Lipinski definition) is 7. The summed E-state index contributed by atoms with van der Waals surface area (Å²) in [4.78, 5) is 21.0. The van der Waals surface area contributed by atoms with Gasteiger partial charge in [-0.2, -0.15) is 15.0 Å². The molecule has 1 aromatic carbocycles. The number of aromatic carboxylic acids is 1. The van der Waals surface area contributed by atoms with Crippen LogP contribution in [-0.2, 0) is 0 Å². The van der Waals surface area contributed by atoms with Crippen LogP contribution in [-0.4, -0.2) is 42.3 Å². The van der Waals surface area contributed by atoms with Crippen molar-refractivity contribution < 1.29 is 9.90 Å². The van der Waals surface area contributed by atoms with Gasteiger partial charge in [0.15, 0.2) is 5.16 Å². The molecule has 0 bridgehead atoms. The van der Waals surface area contributed by atoms with E-state index in [9.17, 15) is 9.90 Å². The van der Waals surface area contributed by atoms with Crippen LogP contribution in [0.25, 0.3) is 5.69 Å². The summed E-state index contributed by atoms with van der Waals surface area (Å²) in [5.41, 5.74) is 1.43. The molecule has 3 aromatic rings. The molecule has 0 radical (unpaired) electrons. The minimum atomic E-state index is -1.09. The van der Waals surface area contributed by atoms with E-state index in [0.29, 0.717) is 10.8 Å². The molecule has 2 aromatic heterocycles. The maximum atomic E-state index is 11.3. The zero-order chi connectivity index (χ0) is 16.2. The molecule has 0 aliphatic rings. The Morgan fingerprint density at radius 3 is 2.78 bits per heavy atom. The van der Waals surface area contributed by atoms with Crippen molar-refractivity contribution in [2.45, 2.75) is 5.16 Å². The maximum absolute atomic E-state index is 11.3. The highest BCUT2D eigenvalue weighted by Crippen LogP contribution is 2.22. The molecule has 8 nitrogen and oxygen atoms in total. The van der Waals surface area contributed by atoms with Crippen molar-refractivity contribution >= 4 is 29.2 Å². The fourth-order valence-corrected chi connectivity index (χ4v) is 2.25. The smallest absolute Gasteiger partial charge is 0.341 e. The third kappa shape index (κ3) is 3.29. The largest absolute Gasteiger partial charge is 0.477 e. The van der Waals surface area contributed by atoms with E-state index in [1.807, 2.05) is 18.4 Å². The molecule has 0 saturated heterocycles. The van der Waals surface area contributed by atoms with Gasteiger partial charge in [-0.3, -0.25) is 0 Å². The average molecular weight is 328 g/mol. The van der Waals surface area contributed by atoms with Gasteiger partial charge in [0.1, 0.15) is 11.4 Å². The minimum absolute atomic E-state index is 0.00502. The summed E-state index contributed by atoms with van der Waals surface area (Å²) in [6.45, 7) is 0. The fourth-order valence-electron chi connectivity index (χ4n) is 1.91. The predicted molar refractivity (Wildman–Crippen MR) is 85.4 cm³/mol. The number of rotatable bonds is 5. The number of carboxylic acid groups (broad SMARTS) is 1. The number of benzene rings is 1. The van der Waals surface area contributed by atoms with E-state index in [2.05, 4.69) is 25.5 Å². The van der Waals surface area contributed by atoms with Crippen LogP contribution in [0.2, 0.25) is 0 Å². The summed E-state index contributed by atoms with van der Waals surface area (Å²) >= 11 is 1.34. The van der Waals surface area contributed by atoms with Gasteiger partial charge in [-0.1, -0.05) is 17.8 Å². The normalized spacial score (nSPS) is 10.5. The molecule has 0 fully saturated rings. The Hall–Kier alpha value is -2.94. The highest BCUT2D eigenvalue weighted by atomic mass is 32.2. The van der Waals surface area contributed by atoms with Crippen LogP contribution in [0.4, 0.5) is 11.5 Å². The highest BCUT2D eigenvalue weighted by molar-refractivity contribution is 7.98. The van der Waals surface area contributed by atoms with Gasteiger partial charge in [-0.15, -0.1) is 0 Å². The second kappa shape index (κ2) is 6.44. The Kier molecular flexibility index (Phi) is 4.20. The maximum Gasteiger partial charge on any atom is 0.341 e. The van der Waals surface area contributed by atoms with Gasteiger partial charge in [0.2, 0.25) is 0 Å². The molecule has 0 unspecified atom stereocenters. The van der Waals surface area contributed by atoms with Crippen LogP contribution in [0.15, 0.2) is 48.0 Å². The molecule has 9 heteroatoms. The minimum Gasteiger partial charge on any atom is -0.477 e. The van der Waals surface area contributed by atoms with E-state index in [-0.39, 0.29) is 11.4 Å². The van der Waals surface area contributed by atoms with Crippen molar-refractivity contribution in [2.75, 3.05) is 11.6 Å². The Balaban J connectivity index is 1.96. The van der Waals surface area contributed by atoms with Crippen LogP contribution in [0.5, 0.6) is 0 Å². The second-order valence-electron chi connectivity index (χ2n) is 4.42. The molecule has 3 rings (SSSR count). The number of aromatic nitrogens is 5. The summed E-state index contributed by atoms with van der Waals surface area (Å²) in [6, 6.07) is 7.26. The molecule has 0 spiro atoms. The lowest BCUT2D eigenvalue weighted by atomic mass is 10.2. The van der Waals surface area contributed by atoms with Gasteiger partial charge >= 0.3 is 5.97 Å². The lowest BCUT2D eigenvalue weighted by molar-refractivity contribution is 0.0697. The molecule has 0 aliphatic heterocycles. The molecule has 23 heavy (non-hydrogen) atoms. The summed E-state index contributed by atoms with van der Waals surface area (Å²) in [5.74, 6) is -0.854. The van der Waals surface area contributed by atoms with Gasteiger partial charge in [0, 0.05) is 11.9 Å². The number of carbonyl (C=O) groups is 1. The van der Waals surface area contributed by atoms with Gasteiger partial charge in [0.05, 0.1) is 18.1 Å². The monoisotopic (exact) mass is 328 g/mol. The molecular formula is C14H12N6O2S. The zero-order valence-electron chi connectivity index (χ0n) is 12.0. The van der Waals surface area contributed by atoms with Crippen molar-refractivity contribution in [3.05, 3.63) is 48.4 Å². The van der Waals surface area contributed by atoms with Gasteiger partial charge in [0.25, 0.3) is 0 Å². The van der Waals surface area contributed by atoms with Crippen molar-refractivity contribution in [1.29, 1.82) is 0 Å². The van der Waals surface area contributed by atoms with Gasteiger partial charge in [-0.25, -0.2) is 14.8 Å². The standard InChI is InChI=1S/C14H12N6O2S/c1-23-14-15-8-11(13(21)22)12(19-14)18-9-3-2-4-10(7-9)20-16-5-6-17-20/h2-8H,1H3,(H,21,22)(H,15,18,19). The Labute approximate surface area is 135 Å². The average Bonchev–Trinajstić information content (AvgIpc) is 3.09. The fraction of sp³-hybridized carbons (Fsp3) is 0.0714. The molecule has 0 saturated carbocycles. The quantitative estimate of drug-likeness (QED) is 0.542. The van der Waals surface area contributed by atoms with Crippen molar-refractivity contribution in [1.82, 2.24) is 25.0 Å². The van der Waals surface area contributed by atoms with Gasteiger partial charge < -0.3 is 10.4 Å². The molecular weight excluding hydrogens is 316 g/mol. The molecule has 0 amide bonds.